The summed E-state index contributed by atoms with van der Waals surface area (Å²) in [5.74, 6) is -2.69. The number of alkyl halides is 3. The maximum atomic E-state index is 11.0. The van der Waals surface area contributed by atoms with E-state index in [1.165, 1.54) is 0 Å². The van der Waals surface area contributed by atoms with Crippen molar-refractivity contribution in [2.45, 2.75) is 13.1 Å². The largest absolute Gasteiger partial charge is 0.490 e. The third-order valence-electron chi connectivity index (χ3n) is 1.66. The van der Waals surface area contributed by atoms with Gasteiger partial charge in [-0.15, -0.1) is 0 Å². The zero-order chi connectivity index (χ0) is 15.5. The van der Waals surface area contributed by atoms with Gasteiger partial charge in [-0.3, -0.25) is 4.79 Å². The van der Waals surface area contributed by atoms with Crippen LogP contribution in [-0.2, 0) is 9.59 Å². The van der Waals surface area contributed by atoms with Crippen LogP contribution in [0.1, 0.15) is 6.92 Å². The van der Waals surface area contributed by atoms with Gasteiger partial charge < -0.3 is 20.6 Å². The van der Waals surface area contributed by atoms with Crippen molar-refractivity contribution in [1.82, 2.24) is 15.5 Å². The number of rotatable bonds is 6. The molecule has 0 bridgehead atoms. The molecule has 1 amide bonds. The number of hydrogen-bond acceptors (Lipinski definition) is 4. The van der Waals surface area contributed by atoms with E-state index in [-0.39, 0.29) is 5.91 Å². The van der Waals surface area contributed by atoms with Crippen LogP contribution < -0.4 is 10.6 Å². The lowest BCUT2D eigenvalue weighted by molar-refractivity contribution is -0.192. The second-order valence-electron chi connectivity index (χ2n) is 3.74. The quantitative estimate of drug-likeness (QED) is 0.636. The SMILES string of the molecule is CCNCC(=O)NCCN(C)C.O=C(O)C(F)(F)F. The number of carboxylic acid groups (broad SMARTS) is 1. The number of nitrogens with one attached hydrogen (secondary N) is 2. The van der Waals surface area contributed by atoms with Gasteiger partial charge in [0, 0.05) is 13.1 Å². The van der Waals surface area contributed by atoms with Gasteiger partial charge in [-0.25, -0.2) is 4.79 Å². The minimum atomic E-state index is -5.08. The summed E-state index contributed by atoms with van der Waals surface area (Å²) in [7, 11) is 3.97. The molecular formula is C10H20F3N3O3. The molecule has 0 saturated carbocycles. The predicted octanol–water partition coefficient (Wildman–Crippen LogP) is -0.0930. The zero-order valence-electron chi connectivity index (χ0n) is 11.2. The highest BCUT2D eigenvalue weighted by Gasteiger charge is 2.38. The van der Waals surface area contributed by atoms with E-state index in [1.807, 2.05) is 25.9 Å². The second-order valence-corrected chi connectivity index (χ2v) is 3.74. The van der Waals surface area contributed by atoms with Crippen molar-refractivity contribution in [3.8, 4) is 0 Å². The van der Waals surface area contributed by atoms with Crippen molar-refractivity contribution in [3.05, 3.63) is 0 Å². The molecule has 0 atom stereocenters. The summed E-state index contributed by atoms with van der Waals surface area (Å²) >= 11 is 0. The van der Waals surface area contributed by atoms with Crippen LogP contribution in [0.15, 0.2) is 0 Å². The second kappa shape index (κ2) is 10.6. The van der Waals surface area contributed by atoms with E-state index < -0.39 is 12.1 Å². The van der Waals surface area contributed by atoms with Crippen molar-refractivity contribution in [2.75, 3.05) is 40.3 Å². The first-order valence-electron chi connectivity index (χ1n) is 5.53. The highest BCUT2D eigenvalue weighted by atomic mass is 19.4. The maximum absolute atomic E-state index is 11.0. The Morgan fingerprint density at radius 3 is 2.05 bits per heavy atom. The lowest BCUT2D eigenvalue weighted by Crippen LogP contribution is -2.37. The van der Waals surface area contributed by atoms with Gasteiger partial charge in [-0.1, -0.05) is 6.92 Å². The van der Waals surface area contributed by atoms with Crippen molar-refractivity contribution < 1.29 is 27.9 Å². The molecule has 114 valence electrons. The molecule has 0 aliphatic heterocycles. The number of carbonyl (C=O) groups is 2. The monoisotopic (exact) mass is 287 g/mol. The van der Waals surface area contributed by atoms with Gasteiger partial charge >= 0.3 is 12.1 Å². The van der Waals surface area contributed by atoms with Crippen molar-refractivity contribution in [2.24, 2.45) is 0 Å². The normalized spacial score (nSPS) is 10.7. The van der Waals surface area contributed by atoms with Gasteiger partial charge in [0.15, 0.2) is 0 Å². The number of carboxylic acids is 1. The van der Waals surface area contributed by atoms with E-state index in [0.717, 1.165) is 19.6 Å². The number of amides is 1. The Bertz CT molecular complexity index is 270. The molecule has 0 aromatic rings. The molecule has 0 heterocycles. The molecule has 9 heteroatoms. The lowest BCUT2D eigenvalue weighted by Gasteiger charge is -2.10. The first kappa shape index (κ1) is 20.0. The van der Waals surface area contributed by atoms with Crippen LogP contribution in [0.4, 0.5) is 13.2 Å². The van der Waals surface area contributed by atoms with Crippen molar-refractivity contribution >= 4 is 11.9 Å². The summed E-state index contributed by atoms with van der Waals surface area (Å²) in [6.07, 6.45) is -5.08. The third kappa shape index (κ3) is 16.6. The first-order chi connectivity index (χ1) is 8.61. The van der Waals surface area contributed by atoms with Crippen LogP contribution in [0.5, 0.6) is 0 Å². The predicted molar refractivity (Wildman–Crippen MR) is 63.8 cm³/mol. The number of nitrogens with zero attached hydrogens (tertiary/aromatic N) is 1. The molecule has 0 aliphatic rings. The number of hydrogen-bond donors (Lipinski definition) is 3. The van der Waals surface area contributed by atoms with Crippen LogP contribution in [0.3, 0.4) is 0 Å². The number of carbonyl (C=O) groups excluding carboxylic acids is 1. The Morgan fingerprint density at radius 2 is 1.74 bits per heavy atom. The Labute approximate surface area is 110 Å². The molecule has 0 aromatic heterocycles. The Kier molecular flexibility index (Phi) is 11.1. The van der Waals surface area contributed by atoms with Crippen LogP contribution >= 0.6 is 0 Å². The molecular weight excluding hydrogens is 267 g/mol. The van der Waals surface area contributed by atoms with Gasteiger partial charge in [-0.05, 0) is 20.6 Å². The Morgan fingerprint density at radius 1 is 1.26 bits per heavy atom. The standard InChI is InChI=1S/C8H19N3O.C2HF3O2/c1-4-9-7-8(12)10-5-6-11(2)3;3-2(4,5)1(6)7/h9H,4-7H2,1-3H3,(H,10,12);(H,6,7). The zero-order valence-corrected chi connectivity index (χ0v) is 11.2. The fraction of sp³-hybridized carbons (Fsp3) is 0.800. The summed E-state index contributed by atoms with van der Waals surface area (Å²) < 4.78 is 31.7. The molecule has 0 spiro atoms. The highest BCUT2D eigenvalue weighted by Crippen LogP contribution is 2.13. The van der Waals surface area contributed by atoms with Crippen LogP contribution in [0, 0.1) is 0 Å². The average Bonchev–Trinajstić information content (AvgIpc) is 2.25. The molecule has 0 fully saturated rings. The van der Waals surface area contributed by atoms with Crippen molar-refractivity contribution in [1.29, 1.82) is 0 Å². The molecule has 3 N–H and O–H groups in total. The number of likely N-dealkylation sites (N-methyl/N-ethyl adjacent to an activating group) is 2. The van der Waals surface area contributed by atoms with E-state index in [4.69, 9.17) is 9.90 Å². The summed E-state index contributed by atoms with van der Waals surface area (Å²) in [4.78, 5) is 21.9. The van der Waals surface area contributed by atoms with Gasteiger partial charge in [0.05, 0.1) is 6.54 Å². The van der Waals surface area contributed by atoms with E-state index in [2.05, 4.69) is 10.6 Å². The van der Waals surface area contributed by atoms with Crippen LogP contribution in [0.2, 0.25) is 0 Å². The van der Waals surface area contributed by atoms with Gasteiger partial charge in [0.2, 0.25) is 5.91 Å². The van der Waals surface area contributed by atoms with E-state index in [9.17, 15) is 18.0 Å². The molecule has 0 saturated heterocycles. The fourth-order valence-corrected chi connectivity index (χ4v) is 0.720. The van der Waals surface area contributed by atoms with Gasteiger partial charge in [0.25, 0.3) is 0 Å². The summed E-state index contributed by atoms with van der Waals surface area (Å²) in [6.45, 7) is 4.84. The minimum Gasteiger partial charge on any atom is -0.475 e. The van der Waals surface area contributed by atoms with Crippen LogP contribution in [-0.4, -0.2) is 68.3 Å². The van der Waals surface area contributed by atoms with Gasteiger partial charge in [0.1, 0.15) is 0 Å². The summed E-state index contributed by atoms with van der Waals surface area (Å²) in [5.41, 5.74) is 0. The Balaban J connectivity index is 0. The highest BCUT2D eigenvalue weighted by molar-refractivity contribution is 5.77. The average molecular weight is 287 g/mol. The van der Waals surface area contributed by atoms with E-state index in [1.54, 1.807) is 0 Å². The number of aliphatic carboxylic acids is 1. The van der Waals surface area contributed by atoms with E-state index >= 15 is 0 Å². The molecule has 0 aliphatic carbocycles. The summed E-state index contributed by atoms with van der Waals surface area (Å²) in [5, 5.41) is 12.9. The molecule has 19 heavy (non-hydrogen) atoms. The fourth-order valence-electron chi connectivity index (χ4n) is 0.720. The summed E-state index contributed by atoms with van der Waals surface area (Å²) in [6, 6.07) is 0. The van der Waals surface area contributed by atoms with Gasteiger partial charge in [-0.2, -0.15) is 13.2 Å². The lowest BCUT2D eigenvalue weighted by atomic mass is 10.5. The van der Waals surface area contributed by atoms with Crippen molar-refractivity contribution in [3.63, 3.8) is 0 Å². The first-order valence-corrected chi connectivity index (χ1v) is 5.53. The Hall–Kier alpha value is -1.35. The molecule has 0 rings (SSSR count). The number of halogens is 3. The molecule has 6 nitrogen and oxygen atoms in total. The smallest absolute Gasteiger partial charge is 0.475 e. The van der Waals surface area contributed by atoms with E-state index in [0.29, 0.717) is 6.54 Å². The topological polar surface area (TPSA) is 81.7 Å². The third-order valence-corrected chi connectivity index (χ3v) is 1.66. The molecule has 0 aromatic carbocycles. The molecule has 0 unspecified atom stereocenters. The van der Waals surface area contributed by atoms with Crippen LogP contribution in [0.25, 0.3) is 0 Å². The molecule has 0 radical (unpaired) electrons. The maximum Gasteiger partial charge on any atom is 0.490 e. The minimum absolute atomic E-state index is 0.0682.